The number of aromatic nitrogens is 1. The Hall–Kier alpha value is -1.00. The van der Waals surface area contributed by atoms with Gasteiger partial charge in [-0.2, -0.15) is 0 Å². The first-order valence-corrected chi connectivity index (χ1v) is 5.09. The van der Waals surface area contributed by atoms with Gasteiger partial charge in [0.15, 0.2) is 0 Å². The number of hydrogen-bond acceptors (Lipinski definition) is 3. The van der Waals surface area contributed by atoms with Gasteiger partial charge in [-0.1, -0.05) is 12.2 Å². The molecule has 1 aliphatic rings. The maximum absolute atomic E-state index is 5.55. The van der Waals surface area contributed by atoms with Crippen LogP contribution in [0.5, 0.6) is 0 Å². The number of nitrogens with zero attached hydrogens (tertiary/aromatic N) is 2. The average Bonchev–Trinajstić information content (AvgIpc) is 2.47. The molecule has 0 bridgehead atoms. The SMILES string of the molecule is Cc1nccc2c1CC(=S)N2CCN. The average molecular weight is 207 g/mol. The van der Waals surface area contributed by atoms with Crippen molar-refractivity contribution in [2.24, 2.45) is 5.73 Å². The Balaban J connectivity index is 2.42. The lowest BCUT2D eigenvalue weighted by Crippen LogP contribution is -2.30. The van der Waals surface area contributed by atoms with Crippen LogP contribution in [0.1, 0.15) is 11.3 Å². The zero-order valence-electron chi connectivity index (χ0n) is 8.16. The number of hydrogen-bond donors (Lipinski definition) is 1. The van der Waals surface area contributed by atoms with E-state index >= 15 is 0 Å². The highest BCUT2D eigenvalue weighted by atomic mass is 32.1. The highest BCUT2D eigenvalue weighted by molar-refractivity contribution is 7.80. The number of pyridine rings is 1. The first-order chi connectivity index (χ1) is 6.74. The minimum absolute atomic E-state index is 0.626. The molecule has 0 spiro atoms. The van der Waals surface area contributed by atoms with E-state index in [9.17, 15) is 0 Å². The van der Waals surface area contributed by atoms with E-state index in [-0.39, 0.29) is 0 Å². The molecule has 14 heavy (non-hydrogen) atoms. The quantitative estimate of drug-likeness (QED) is 0.736. The second-order valence-electron chi connectivity index (χ2n) is 3.40. The fraction of sp³-hybridized carbons (Fsp3) is 0.400. The topological polar surface area (TPSA) is 42.2 Å². The number of anilines is 1. The fourth-order valence-corrected chi connectivity index (χ4v) is 2.14. The van der Waals surface area contributed by atoms with Crippen molar-refractivity contribution in [3.05, 3.63) is 23.5 Å². The molecule has 3 nitrogen and oxygen atoms in total. The summed E-state index contributed by atoms with van der Waals surface area (Å²) in [6.45, 7) is 3.45. The predicted octanol–water partition coefficient (Wildman–Crippen LogP) is 1.04. The summed E-state index contributed by atoms with van der Waals surface area (Å²) in [5.41, 5.74) is 9.07. The summed E-state index contributed by atoms with van der Waals surface area (Å²) in [6.07, 6.45) is 2.66. The summed E-state index contributed by atoms with van der Waals surface area (Å²) in [6, 6.07) is 2.01. The summed E-state index contributed by atoms with van der Waals surface area (Å²) in [5.74, 6) is 0. The Morgan fingerprint density at radius 3 is 3.14 bits per heavy atom. The predicted molar refractivity (Wildman–Crippen MR) is 61.7 cm³/mol. The molecule has 0 aromatic carbocycles. The maximum atomic E-state index is 5.55. The Bertz CT molecular complexity index is 376. The summed E-state index contributed by atoms with van der Waals surface area (Å²) in [7, 11) is 0. The van der Waals surface area contributed by atoms with Gasteiger partial charge in [0.05, 0.1) is 4.99 Å². The Morgan fingerprint density at radius 1 is 1.64 bits per heavy atom. The lowest BCUT2D eigenvalue weighted by atomic mass is 10.1. The Morgan fingerprint density at radius 2 is 2.43 bits per heavy atom. The molecule has 0 aliphatic carbocycles. The second kappa shape index (κ2) is 3.63. The molecule has 0 saturated heterocycles. The number of thiocarbonyl (C=S) groups is 1. The van der Waals surface area contributed by atoms with Crippen LogP contribution in [-0.4, -0.2) is 23.1 Å². The van der Waals surface area contributed by atoms with Crippen LogP contribution in [0.25, 0.3) is 0 Å². The number of fused-ring (bicyclic) bond motifs is 1. The smallest absolute Gasteiger partial charge is 0.0870 e. The van der Waals surface area contributed by atoms with Crippen LogP contribution >= 0.6 is 12.2 Å². The molecular formula is C10H13N3S. The number of nitrogens with two attached hydrogens (primary N) is 1. The van der Waals surface area contributed by atoms with Crippen LogP contribution in [0.15, 0.2) is 12.3 Å². The Kier molecular flexibility index (Phi) is 2.48. The van der Waals surface area contributed by atoms with Crippen molar-refractivity contribution >= 4 is 22.9 Å². The first kappa shape index (κ1) is 9.55. The number of aryl methyl sites for hydroxylation is 1. The molecule has 1 aliphatic heterocycles. The van der Waals surface area contributed by atoms with Crippen LogP contribution < -0.4 is 10.6 Å². The van der Waals surface area contributed by atoms with Gasteiger partial charge in [-0.25, -0.2) is 0 Å². The highest BCUT2D eigenvalue weighted by Gasteiger charge is 2.24. The van der Waals surface area contributed by atoms with Crippen LogP contribution in [0, 0.1) is 6.92 Å². The molecule has 4 heteroatoms. The van der Waals surface area contributed by atoms with Gasteiger partial charge in [0.1, 0.15) is 0 Å². The minimum atomic E-state index is 0.626. The largest absolute Gasteiger partial charge is 0.334 e. The molecule has 0 saturated carbocycles. The van der Waals surface area contributed by atoms with E-state index in [2.05, 4.69) is 9.88 Å². The Labute approximate surface area is 88.9 Å². The van der Waals surface area contributed by atoms with Crippen molar-refractivity contribution in [1.82, 2.24) is 4.98 Å². The highest BCUT2D eigenvalue weighted by Crippen LogP contribution is 2.30. The monoisotopic (exact) mass is 207 g/mol. The van der Waals surface area contributed by atoms with Gasteiger partial charge in [-0.05, 0) is 13.0 Å². The van der Waals surface area contributed by atoms with Crippen LogP contribution in [-0.2, 0) is 6.42 Å². The van der Waals surface area contributed by atoms with Gasteiger partial charge in [0.2, 0.25) is 0 Å². The van der Waals surface area contributed by atoms with Gasteiger partial charge in [0.25, 0.3) is 0 Å². The zero-order valence-corrected chi connectivity index (χ0v) is 8.97. The van der Waals surface area contributed by atoms with Crippen LogP contribution in [0.4, 0.5) is 5.69 Å². The molecule has 0 radical (unpaired) electrons. The second-order valence-corrected chi connectivity index (χ2v) is 3.88. The molecule has 0 fully saturated rings. The van der Waals surface area contributed by atoms with Crippen molar-refractivity contribution in [3.8, 4) is 0 Å². The van der Waals surface area contributed by atoms with Gasteiger partial charge in [-0.3, -0.25) is 4.98 Å². The van der Waals surface area contributed by atoms with Crippen molar-refractivity contribution in [2.75, 3.05) is 18.0 Å². The molecule has 1 aromatic rings. The normalized spacial score (nSPS) is 14.7. The molecule has 0 unspecified atom stereocenters. The van der Waals surface area contributed by atoms with Crippen molar-refractivity contribution < 1.29 is 0 Å². The van der Waals surface area contributed by atoms with Gasteiger partial charge >= 0.3 is 0 Å². The lowest BCUT2D eigenvalue weighted by Gasteiger charge is -2.18. The molecule has 2 N–H and O–H groups in total. The van der Waals surface area contributed by atoms with E-state index < -0.39 is 0 Å². The van der Waals surface area contributed by atoms with Gasteiger partial charge < -0.3 is 10.6 Å². The standard InChI is InChI=1S/C10H13N3S/c1-7-8-6-10(14)13(5-3-11)9(8)2-4-12-7/h2,4H,3,5-6,11H2,1H3. The van der Waals surface area contributed by atoms with E-state index in [0.717, 1.165) is 23.6 Å². The van der Waals surface area contributed by atoms with Crippen molar-refractivity contribution in [2.45, 2.75) is 13.3 Å². The molecule has 2 rings (SSSR count). The molecule has 74 valence electrons. The van der Waals surface area contributed by atoms with E-state index in [1.807, 2.05) is 19.2 Å². The lowest BCUT2D eigenvalue weighted by molar-refractivity contribution is 0.952. The third kappa shape index (κ3) is 1.40. The zero-order chi connectivity index (χ0) is 10.1. The van der Waals surface area contributed by atoms with Gasteiger partial charge in [0, 0.05) is 42.7 Å². The van der Waals surface area contributed by atoms with E-state index in [4.69, 9.17) is 18.0 Å². The third-order valence-electron chi connectivity index (χ3n) is 2.52. The van der Waals surface area contributed by atoms with E-state index in [1.165, 1.54) is 11.3 Å². The van der Waals surface area contributed by atoms with E-state index in [1.54, 1.807) is 0 Å². The molecule has 2 heterocycles. The fourth-order valence-electron chi connectivity index (χ4n) is 1.81. The summed E-state index contributed by atoms with van der Waals surface area (Å²) in [4.78, 5) is 7.33. The maximum Gasteiger partial charge on any atom is 0.0870 e. The molecule has 0 atom stereocenters. The van der Waals surface area contributed by atoms with Crippen molar-refractivity contribution in [3.63, 3.8) is 0 Å². The van der Waals surface area contributed by atoms with Crippen molar-refractivity contribution in [1.29, 1.82) is 0 Å². The number of rotatable bonds is 2. The summed E-state index contributed by atoms with van der Waals surface area (Å²) in [5, 5.41) is 0. The van der Waals surface area contributed by atoms with Crippen LogP contribution in [0.3, 0.4) is 0 Å². The van der Waals surface area contributed by atoms with Crippen LogP contribution in [0.2, 0.25) is 0 Å². The summed E-state index contributed by atoms with van der Waals surface area (Å²) < 4.78 is 0. The van der Waals surface area contributed by atoms with Gasteiger partial charge in [-0.15, -0.1) is 0 Å². The molecular weight excluding hydrogens is 194 g/mol. The third-order valence-corrected chi connectivity index (χ3v) is 2.88. The first-order valence-electron chi connectivity index (χ1n) is 4.69. The van der Waals surface area contributed by atoms with E-state index in [0.29, 0.717) is 6.54 Å². The summed E-state index contributed by atoms with van der Waals surface area (Å²) >= 11 is 5.31. The molecule has 1 aromatic heterocycles. The minimum Gasteiger partial charge on any atom is -0.334 e. The molecule has 0 amide bonds.